The molecule has 1 aromatic carbocycles. The Balaban J connectivity index is 2.11. The third-order valence-electron chi connectivity index (χ3n) is 4.67. The predicted octanol–water partition coefficient (Wildman–Crippen LogP) is 1.91. The first-order valence-electron chi connectivity index (χ1n) is 7.24. The number of nitrogens with zero attached hydrogens (tertiary/aromatic N) is 1. The Morgan fingerprint density at radius 1 is 1.32 bits per heavy atom. The maximum atomic E-state index is 6.45. The van der Waals surface area contributed by atoms with Gasteiger partial charge in [0.15, 0.2) is 0 Å². The topological polar surface area (TPSA) is 41.3 Å². The zero-order valence-electron chi connectivity index (χ0n) is 12.7. The lowest BCUT2D eigenvalue weighted by Gasteiger charge is -2.35. The molecule has 3 nitrogen and oxygen atoms in total. The summed E-state index contributed by atoms with van der Waals surface area (Å²) < 4.78 is 0. The first-order valence-corrected chi connectivity index (χ1v) is 7.24. The summed E-state index contributed by atoms with van der Waals surface area (Å²) in [5.41, 5.74) is 11.9. The van der Waals surface area contributed by atoms with E-state index in [0.717, 1.165) is 26.1 Å². The first kappa shape index (κ1) is 14.5. The first-order chi connectivity index (χ1) is 9.00. The lowest BCUT2D eigenvalue weighted by molar-refractivity contribution is 0.182. The summed E-state index contributed by atoms with van der Waals surface area (Å²) in [6.45, 7) is 9.80. The number of nitrogens with one attached hydrogen (secondary N) is 1. The van der Waals surface area contributed by atoms with E-state index in [9.17, 15) is 0 Å². The molecule has 1 aliphatic rings. The molecule has 2 unspecified atom stereocenters. The highest BCUT2D eigenvalue weighted by atomic mass is 15.2. The Kier molecular flexibility index (Phi) is 4.61. The molecular formula is C16H27N3. The van der Waals surface area contributed by atoms with E-state index in [4.69, 9.17) is 5.73 Å². The minimum absolute atomic E-state index is 0.131. The van der Waals surface area contributed by atoms with E-state index in [1.165, 1.54) is 22.3 Å². The van der Waals surface area contributed by atoms with Gasteiger partial charge in [-0.3, -0.25) is 0 Å². The van der Waals surface area contributed by atoms with Crippen molar-refractivity contribution in [2.24, 2.45) is 5.73 Å². The van der Waals surface area contributed by atoms with Gasteiger partial charge in [-0.25, -0.2) is 0 Å². The van der Waals surface area contributed by atoms with Crippen molar-refractivity contribution in [3.63, 3.8) is 0 Å². The Morgan fingerprint density at radius 3 is 2.74 bits per heavy atom. The van der Waals surface area contributed by atoms with E-state index in [1.807, 2.05) is 0 Å². The molecule has 2 atom stereocenters. The molecule has 1 fully saturated rings. The molecule has 106 valence electrons. The van der Waals surface area contributed by atoms with Gasteiger partial charge >= 0.3 is 0 Å². The van der Waals surface area contributed by atoms with Crippen molar-refractivity contribution in [1.82, 2.24) is 10.2 Å². The monoisotopic (exact) mass is 261 g/mol. The lowest BCUT2D eigenvalue weighted by Crippen LogP contribution is -2.50. The number of hydrogen-bond donors (Lipinski definition) is 2. The summed E-state index contributed by atoms with van der Waals surface area (Å²) >= 11 is 0. The van der Waals surface area contributed by atoms with Gasteiger partial charge in [0.25, 0.3) is 0 Å². The van der Waals surface area contributed by atoms with E-state index in [2.05, 4.69) is 50.2 Å². The zero-order chi connectivity index (χ0) is 14.0. The van der Waals surface area contributed by atoms with Crippen molar-refractivity contribution in [2.75, 3.05) is 26.7 Å². The van der Waals surface area contributed by atoms with Crippen LogP contribution in [0.5, 0.6) is 0 Å². The fraction of sp³-hybridized carbons (Fsp3) is 0.625. The van der Waals surface area contributed by atoms with Gasteiger partial charge in [-0.1, -0.05) is 12.1 Å². The van der Waals surface area contributed by atoms with Crippen molar-refractivity contribution >= 4 is 0 Å². The summed E-state index contributed by atoms with van der Waals surface area (Å²) in [4.78, 5) is 2.42. The number of benzene rings is 1. The minimum atomic E-state index is 0.131. The van der Waals surface area contributed by atoms with Crippen LogP contribution in [0.25, 0.3) is 0 Å². The molecule has 3 heteroatoms. The van der Waals surface area contributed by atoms with E-state index < -0.39 is 0 Å². The van der Waals surface area contributed by atoms with Crippen molar-refractivity contribution in [3.8, 4) is 0 Å². The van der Waals surface area contributed by atoms with Crippen LogP contribution in [0.4, 0.5) is 0 Å². The van der Waals surface area contributed by atoms with Gasteiger partial charge < -0.3 is 16.0 Å². The summed E-state index contributed by atoms with van der Waals surface area (Å²) in [6.07, 6.45) is 1.02. The van der Waals surface area contributed by atoms with Crippen LogP contribution in [-0.2, 0) is 0 Å². The van der Waals surface area contributed by atoms with E-state index in [0.29, 0.717) is 6.04 Å². The number of hydrogen-bond acceptors (Lipinski definition) is 3. The molecule has 2 rings (SSSR count). The van der Waals surface area contributed by atoms with Crippen LogP contribution >= 0.6 is 0 Å². The van der Waals surface area contributed by atoms with E-state index >= 15 is 0 Å². The zero-order valence-corrected chi connectivity index (χ0v) is 12.7. The normalized spacial score (nSPS) is 22.5. The molecule has 1 heterocycles. The third kappa shape index (κ3) is 3.16. The Morgan fingerprint density at radius 2 is 2.05 bits per heavy atom. The fourth-order valence-corrected chi connectivity index (χ4v) is 2.92. The summed E-state index contributed by atoms with van der Waals surface area (Å²) in [5.74, 6) is 0. The summed E-state index contributed by atoms with van der Waals surface area (Å²) in [6, 6.07) is 5.08. The molecule has 0 spiro atoms. The average Bonchev–Trinajstić information content (AvgIpc) is 2.39. The van der Waals surface area contributed by atoms with Gasteiger partial charge in [-0.15, -0.1) is 0 Å². The SMILES string of the molecule is Cc1ccc(C(N)CC2CNCCN2C)c(C)c1C. The smallest absolute Gasteiger partial charge is 0.0313 e. The van der Waals surface area contributed by atoms with Crippen LogP contribution < -0.4 is 11.1 Å². The molecule has 0 bridgehead atoms. The van der Waals surface area contributed by atoms with Crippen LogP contribution in [-0.4, -0.2) is 37.6 Å². The standard InChI is InChI=1S/C16H27N3/c1-11-5-6-15(13(3)12(11)2)16(17)9-14-10-18-7-8-19(14)4/h5-6,14,16,18H,7-10,17H2,1-4H3. The molecule has 1 saturated heterocycles. The molecule has 0 aromatic heterocycles. The Hall–Kier alpha value is -0.900. The fourth-order valence-electron chi connectivity index (χ4n) is 2.92. The van der Waals surface area contributed by atoms with Gasteiger partial charge in [-0.05, 0) is 56.5 Å². The maximum Gasteiger partial charge on any atom is 0.0313 e. The predicted molar refractivity (Wildman–Crippen MR) is 81.5 cm³/mol. The highest BCUT2D eigenvalue weighted by Gasteiger charge is 2.22. The highest BCUT2D eigenvalue weighted by Crippen LogP contribution is 2.25. The molecule has 0 radical (unpaired) electrons. The molecule has 1 aliphatic heterocycles. The van der Waals surface area contributed by atoms with E-state index in [1.54, 1.807) is 0 Å². The lowest BCUT2D eigenvalue weighted by atomic mass is 9.91. The average molecular weight is 261 g/mol. The maximum absolute atomic E-state index is 6.45. The second-order valence-corrected chi connectivity index (χ2v) is 5.90. The van der Waals surface area contributed by atoms with Gasteiger partial charge in [0.1, 0.15) is 0 Å². The van der Waals surface area contributed by atoms with Crippen molar-refractivity contribution in [1.29, 1.82) is 0 Å². The minimum Gasteiger partial charge on any atom is -0.324 e. The van der Waals surface area contributed by atoms with Crippen LogP contribution in [0.15, 0.2) is 12.1 Å². The molecule has 19 heavy (non-hydrogen) atoms. The van der Waals surface area contributed by atoms with E-state index in [-0.39, 0.29) is 6.04 Å². The Labute approximate surface area is 117 Å². The number of rotatable bonds is 3. The number of nitrogens with two attached hydrogens (primary N) is 1. The molecular weight excluding hydrogens is 234 g/mol. The van der Waals surface area contributed by atoms with Gasteiger partial charge in [-0.2, -0.15) is 0 Å². The van der Waals surface area contributed by atoms with Crippen LogP contribution in [0.2, 0.25) is 0 Å². The van der Waals surface area contributed by atoms with Crippen molar-refractivity contribution in [3.05, 3.63) is 34.4 Å². The van der Waals surface area contributed by atoms with Crippen molar-refractivity contribution < 1.29 is 0 Å². The largest absolute Gasteiger partial charge is 0.324 e. The van der Waals surface area contributed by atoms with Crippen LogP contribution in [0, 0.1) is 20.8 Å². The third-order valence-corrected chi connectivity index (χ3v) is 4.67. The molecule has 1 aromatic rings. The molecule has 3 N–H and O–H groups in total. The van der Waals surface area contributed by atoms with Crippen molar-refractivity contribution in [2.45, 2.75) is 39.3 Å². The number of piperazine rings is 1. The molecule has 0 amide bonds. The number of likely N-dealkylation sites (N-methyl/N-ethyl adjacent to an activating group) is 1. The highest BCUT2D eigenvalue weighted by molar-refractivity contribution is 5.40. The summed E-state index contributed by atoms with van der Waals surface area (Å²) in [5, 5.41) is 3.46. The molecule has 0 saturated carbocycles. The van der Waals surface area contributed by atoms with Gasteiger partial charge in [0.2, 0.25) is 0 Å². The second-order valence-electron chi connectivity index (χ2n) is 5.90. The molecule has 0 aliphatic carbocycles. The van der Waals surface area contributed by atoms with Crippen LogP contribution in [0.1, 0.15) is 34.7 Å². The van der Waals surface area contributed by atoms with Crippen LogP contribution in [0.3, 0.4) is 0 Å². The van der Waals surface area contributed by atoms with Gasteiger partial charge in [0, 0.05) is 31.7 Å². The summed E-state index contributed by atoms with van der Waals surface area (Å²) in [7, 11) is 2.20. The van der Waals surface area contributed by atoms with Gasteiger partial charge in [0.05, 0.1) is 0 Å². The quantitative estimate of drug-likeness (QED) is 0.873. The second kappa shape index (κ2) is 6.04. The Bertz CT molecular complexity index is 442. The number of aryl methyl sites for hydroxylation is 1.